The van der Waals surface area contributed by atoms with Crippen molar-refractivity contribution in [3.63, 3.8) is 0 Å². The van der Waals surface area contributed by atoms with Crippen LogP contribution in [0.1, 0.15) is 37.1 Å². The standard InChI is InChI=1S/C23H25N3O2/c1-16(27)24-19-10-11-22-17(13-19)8-9-20(25-22)15-26-12-4-7-23(26)18-5-3-6-21(14-18)28-2/h3,5-6,8-11,13-14,23H,4,7,12,15H2,1-2H3,(H,24,27). The molecular weight excluding hydrogens is 350 g/mol. The highest BCUT2D eigenvalue weighted by atomic mass is 16.5. The van der Waals surface area contributed by atoms with Crippen molar-refractivity contribution in [2.75, 3.05) is 19.0 Å². The van der Waals surface area contributed by atoms with Gasteiger partial charge in [0.05, 0.1) is 18.3 Å². The van der Waals surface area contributed by atoms with Gasteiger partial charge in [0.25, 0.3) is 0 Å². The third kappa shape index (κ3) is 3.99. The molecule has 1 N–H and O–H groups in total. The van der Waals surface area contributed by atoms with Gasteiger partial charge >= 0.3 is 0 Å². The number of fused-ring (bicyclic) bond motifs is 1. The van der Waals surface area contributed by atoms with Gasteiger partial charge in [-0.1, -0.05) is 18.2 Å². The van der Waals surface area contributed by atoms with Gasteiger partial charge in [-0.25, -0.2) is 0 Å². The first kappa shape index (κ1) is 18.4. The van der Waals surface area contributed by atoms with Crippen LogP contribution in [0.25, 0.3) is 10.9 Å². The zero-order valence-corrected chi connectivity index (χ0v) is 16.3. The highest BCUT2D eigenvalue weighted by molar-refractivity contribution is 5.92. The molecule has 0 spiro atoms. The lowest BCUT2D eigenvalue weighted by Crippen LogP contribution is -2.23. The Bertz CT molecular complexity index is 1000. The summed E-state index contributed by atoms with van der Waals surface area (Å²) < 4.78 is 5.39. The second-order valence-corrected chi connectivity index (χ2v) is 7.30. The van der Waals surface area contributed by atoms with Crippen LogP contribution in [0.3, 0.4) is 0 Å². The molecule has 2 heterocycles. The molecule has 1 aromatic heterocycles. The molecule has 4 rings (SSSR count). The van der Waals surface area contributed by atoms with E-state index in [1.807, 2.05) is 24.3 Å². The monoisotopic (exact) mass is 375 g/mol. The minimum atomic E-state index is -0.0680. The molecule has 1 fully saturated rings. The van der Waals surface area contributed by atoms with Crippen molar-refractivity contribution < 1.29 is 9.53 Å². The normalized spacial score (nSPS) is 17.0. The Balaban J connectivity index is 1.54. The lowest BCUT2D eigenvalue weighted by molar-refractivity contribution is -0.114. The molecule has 5 nitrogen and oxygen atoms in total. The number of hydrogen-bond donors (Lipinski definition) is 1. The number of methoxy groups -OCH3 is 1. The SMILES string of the molecule is COc1cccc(C2CCCN2Cc2ccc3cc(NC(C)=O)ccc3n2)c1. The Morgan fingerprint density at radius 2 is 2.11 bits per heavy atom. The molecule has 0 aliphatic carbocycles. The van der Waals surface area contributed by atoms with Crippen LogP contribution in [0.4, 0.5) is 5.69 Å². The number of amides is 1. The molecule has 2 aromatic carbocycles. The fourth-order valence-corrected chi connectivity index (χ4v) is 3.99. The Morgan fingerprint density at radius 3 is 2.93 bits per heavy atom. The molecule has 1 saturated heterocycles. The van der Waals surface area contributed by atoms with Gasteiger partial charge in [-0.3, -0.25) is 14.7 Å². The first-order valence-corrected chi connectivity index (χ1v) is 9.67. The van der Waals surface area contributed by atoms with E-state index >= 15 is 0 Å². The van der Waals surface area contributed by atoms with Crippen LogP contribution in [-0.2, 0) is 11.3 Å². The molecule has 1 aliphatic heterocycles. The molecular formula is C23H25N3O2. The summed E-state index contributed by atoms with van der Waals surface area (Å²) in [6, 6.07) is 18.8. The van der Waals surface area contributed by atoms with E-state index in [4.69, 9.17) is 9.72 Å². The third-order valence-electron chi connectivity index (χ3n) is 5.27. The molecule has 1 unspecified atom stereocenters. The maximum absolute atomic E-state index is 11.2. The van der Waals surface area contributed by atoms with E-state index in [1.54, 1.807) is 7.11 Å². The largest absolute Gasteiger partial charge is 0.497 e. The summed E-state index contributed by atoms with van der Waals surface area (Å²) in [5.41, 5.74) is 4.11. The zero-order chi connectivity index (χ0) is 19.5. The number of benzene rings is 2. The Hall–Kier alpha value is -2.92. The number of nitrogens with zero attached hydrogens (tertiary/aromatic N) is 2. The van der Waals surface area contributed by atoms with Crippen molar-refractivity contribution >= 4 is 22.5 Å². The predicted molar refractivity (Wildman–Crippen MR) is 111 cm³/mol. The molecule has 28 heavy (non-hydrogen) atoms. The van der Waals surface area contributed by atoms with E-state index in [0.717, 1.165) is 47.5 Å². The van der Waals surface area contributed by atoms with E-state index in [0.29, 0.717) is 6.04 Å². The summed E-state index contributed by atoms with van der Waals surface area (Å²) in [6.45, 7) is 3.41. The summed E-state index contributed by atoms with van der Waals surface area (Å²) >= 11 is 0. The zero-order valence-electron chi connectivity index (χ0n) is 16.3. The van der Waals surface area contributed by atoms with Crippen LogP contribution in [0.5, 0.6) is 5.75 Å². The maximum atomic E-state index is 11.2. The summed E-state index contributed by atoms with van der Waals surface area (Å²) in [4.78, 5) is 18.6. The van der Waals surface area contributed by atoms with Crippen LogP contribution < -0.4 is 10.1 Å². The second-order valence-electron chi connectivity index (χ2n) is 7.30. The summed E-state index contributed by atoms with van der Waals surface area (Å²) in [6.07, 6.45) is 2.34. The summed E-state index contributed by atoms with van der Waals surface area (Å²) in [7, 11) is 1.71. The number of carbonyl (C=O) groups is 1. The lowest BCUT2D eigenvalue weighted by Gasteiger charge is -2.25. The molecule has 1 aliphatic rings. The number of likely N-dealkylation sites (tertiary alicyclic amines) is 1. The molecule has 0 saturated carbocycles. The van der Waals surface area contributed by atoms with Gasteiger partial charge in [-0.2, -0.15) is 0 Å². The molecule has 144 valence electrons. The van der Waals surface area contributed by atoms with Crippen molar-refractivity contribution in [3.05, 3.63) is 65.9 Å². The Kier molecular flexibility index (Phi) is 5.26. The smallest absolute Gasteiger partial charge is 0.221 e. The molecule has 0 radical (unpaired) electrons. The van der Waals surface area contributed by atoms with Crippen LogP contribution >= 0.6 is 0 Å². The topological polar surface area (TPSA) is 54.5 Å². The fraction of sp³-hybridized carbons (Fsp3) is 0.304. The number of rotatable bonds is 5. The highest BCUT2D eigenvalue weighted by Gasteiger charge is 2.26. The summed E-state index contributed by atoms with van der Waals surface area (Å²) in [5, 5.41) is 3.85. The molecule has 1 atom stereocenters. The minimum absolute atomic E-state index is 0.0680. The number of pyridine rings is 1. The molecule has 5 heteroatoms. The average Bonchev–Trinajstić information content (AvgIpc) is 3.16. The van der Waals surface area contributed by atoms with Gasteiger partial charge in [0.2, 0.25) is 5.91 Å². The minimum Gasteiger partial charge on any atom is -0.497 e. The van der Waals surface area contributed by atoms with E-state index in [-0.39, 0.29) is 5.91 Å². The highest BCUT2D eigenvalue weighted by Crippen LogP contribution is 2.34. The Morgan fingerprint density at radius 1 is 1.21 bits per heavy atom. The Labute approximate surface area is 165 Å². The first-order chi connectivity index (χ1) is 13.6. The first-order valence-electron chi connectivity index (χ1n) is 9.67. The number of nitrogens with one attached hydrogen (secondary N) is 1. The number of carbonyl (C=O) groups excluding carboxylic acids is 1. The van der Waals surface area contributed by atoms with Crippen LogP contribution in [0.15, 0.2) is 54.6 Å². The van der Waals surface area contributed by atoms with Gasteiger partial charge in [0, 0.05) is 30.6 Å². The molecule has 3 aromatic rings. The van der Waals surface area contributed by atoms with Gasteiger partial charge in [-0.05, 0) is 61.3 Å². The maximum Gasteiger partial charge on any atom is 0.221 e. The van der Waals surface area contributed by atoms with E-state index in [1.165, 1.54) is 18.9 Å². The van der Waals surface area contributed by atoms with Gasteiger partial charge in [0.1, 0.15) is 5.75 Å². The van der Waals surface area contributed by atoms with Crippen molar-refractivity contribution in [3.8, 4) is 5.75 Å². The summed E-state index contributed by atoms with van der Waals surface area (Å²) in [5.74, 6) is 0.838. The second kappa shape index (κ2) is 7.98. The van der Waals surface area contributed by atoms with Crippen LogP contribution in [0.2, 0.25) is 0 Å². The lowest BCUT2D eigenvalue weighted by atomic mass is 10.0. The van der Waals surface area contributed by atoms with Crippen LogP contribution in [0, 0.1) is 0 Å². The van der Waals surface area contributed by atoms with Crippen molar-refractivity contribution in [1.82, 2.24) is 9.88 Å². The van der Waals surface area contributed by atoms with Gasteiger partial charge in [0.15, 0.2) is 0 Å². The fourth-order valence-electron chi connectivity index (χ4n) is 3.99. The van der Waals surface area contributed by atoms with E-state index < -0.39 is 0 Å². The molecule has 0 bridgehead atoms. The van der Waals surface area contributed by atoms with Crippen molar-refractivity contribution in [2.45, 2.75) is 32.4 Å². The van der Waals surface area contributed by atoms with Crippen molar-refractivity contribution in [1.29, 1.82) is 0 Å². The quantitative estimate of drug-likeness (QED) is 0.711. The molecule has 1 amide bonds. The average molecular weight is 375 g/mol. The number of hydrogen-bond acceptors (Lipinski definition) is 4. The number of aromatic nitrogens is 1. The van der Waals surface area contributed by atoms with Crippen molar-refractivity contribution in [2.24, 2.45) is 0 Å². The predicted octanol–water partition coefficient (Wildman–Crippen LogP) is 4.54. The van der Waals surface area contributed by atoms with Crippen LogP contribution in [-0.4, -0.2) is 29.4 Å². The third-order valence-corrected chi connectivity index (χ3v) is 5.27. The van der Waals surface area contributed by atoms with Gasteiger partial charge in [-0.15, -0.1) is 0 Å². The number of ether oxygens (including phenoxy) is 1. The van der Waals surface area contributed by atoms with E-state index in [9.17, 15) is 4.79 Å². The van der Waals surface area contributed by atoms with Gasteiger partial charge < -0.3 is 10.1 Å². The van der Waals surface area contributed by atoms with E-state index in [2.05, 4.69) is 40.5 Å². The number of anilines is 1.